The zero-order chi connectivity index (χ0) is 18.9. The van der Waals surface area contributed by atoms with Gasteiger partial charge in [-0.25, -0.2) is 13.9 Å². The third-order valence-corrected chi connectivity index (χ3v) is 5.96. The molecular weight excluding hydrogens is 358 g/mol. The van der Waals surface area contributed by atoms with E-state index in [1.54, 1.807) is 24.3 Å². The van der Waals surface area contributed by atoms with Gasteiger partial charge < -0.3 is 5.73 Å². The number of hydrogen-bond donors (Lipinski definition) is 3. The van der Waals surface area contributed by atoms with Crippen LogP contribution in [0.4, 0.5) is 5.69 Å². The number of amides is 2. The normalized spacial score (nSPS) is 15.2. The summed E-state index contributed by atoms with van der Waals surface area (Å²) in [6, 6.07) is 10.9. The lowest BCUT2D eigenvalue weighted by molar-refractivity contribution is 0.0706. The van der Waals surface area contributed by atoms with E-state index in [-0.39, 0.29) is 17.9 Å². The Bertz CT molecular complexity index is 970. The zero-order valence-corrected chi connectivity index (χ0v) is 14.5. The number of fused-ring (bicyclic) bond motifs is 1. The number of hydroxylamine groups is 1. The number of aryl methyl sites for hydroxylation is 1. The van der Waals surface area contributed by atoms with Crippen LogP contribution in [0.3, 0.4) is 0 Å². The van der Waals surface area contributed by atoms with Crippen molar-refractivity contribution in [2.75, 3.05) is 10.1 Å². The molecule has 2 aromatic carbocycles. The van der Waals surface area contributed by atoms with E-state index in [0.29, 0.717) is 23.2 Å². The highest BCUT2D eigenvalue weighted by Crippen LogP contribution is 2.31. The van der Waals surface area contributed by atoms with Gasteiger partial charge in [0.15, 0.2) is 0 Å². The van der Waals surface area contributed by atoms with E-state index < -0.39 is 21.8 Å². The van der Waals surface area contributed by atoms with Crippen LogP contribution in [0.2, 0.25) is 0 Å². The molecule has 0 unspecified atom stereocenters. The van der Waals surface area contributed by atoms with Crippen molar-refractivity contribution < 1.29 is 23.2 Å². The van der Waals surface area contributed by atoms with Crippen molar-refractivity contribution in [1.82, 2.24) is 5.48 Å². The summed E-state index contributed by atoms with van der Waals surface area (Å²) in [6.45, 7) is 0.0896. The van der Waals surface area contributed by atoms with E-state index in [4.69, 9.17) is 10.9 Å². The van der Waals surface area contributed by atoms with Crippen molar-refractivity contribution >= 4 is 27.5 Å². The highest BCUT2D eigenvalue weighted by Gasteiger charge is 2.30. The van der Waals surface area contributed by atoms with Gasteiger partial charge in [-0.1, -0.05) is 12.1 Å². The molecule has 9 heteroatoms. The fourth-order valence-corrected chi connectivity index (χ4v) is 4.38. The number of anilines is 1. The maximum atomic E-state index is 12.5. The first-order valence-electron chi connectivity index (χ1n) is 7.78. The average molecular weight is 375 g/mol. The van der Waals surface area contributed by atoms with E-state index in [1.165, 1.54) is 28.0 Å². The van der Waals surface area contributed by atoms with Crippen LogP contribution in [0, 0.1) is 0 Å². The highest BCUT2D eigenvalue weighted by atomic mass is 32.2. The monoisotopic (exact) mass is 375 g/mol. The summed E-state index contributed by atoms with van der Waals surface area (Å²) in [7, 11) is -3.50. The molecule has 2 amide bonds. The summed E-state index contributed by atoms with van der Waals surface area (Å²) >= 11 is 0. The maximum absolute atomic E-state index is 12.5. The molecule has 3 rings (SSSR count). The largest absolute Gasteiger partial charge is 0.366 e. The molecule has 1 aliphatic rings. The quantitative estimate of drug-likeness (QED) is 0.537. The Morgan fingerprint density at radius 1 is 1.12 bits per heavy atom. The first-order chi connectivity index (χ1) is 12.3. The fraction of sp³-hybridized carbons (Fsp3) is 0.176. The number of nitrogens with two attached hydrogens (primary N) is 1. The zero-order valence-electron chi connectivity index (χ0n) is 13.7. The topological polar surface area (TPSA) is 130 Å². The van der Waals surface area contributed by atoms with Gasteiger partial charge in [-0.05, 0) is 47.9 Å². The van der Waals surface area contributed by atoms with Gasteiger partial charge in [-0.2, -0.15) is 0 Å². The lowest BCUT2D eigenvalue weighted by Crippen LogP contribution is -2.37. The molecule has 0 spiro atoms. The van der Waals surface area contributed by atoms with Crippen LogP contribution in [-0.4, -0.2) is 31.2 Å². The van der Waals surface area contributed by atoms with Crippen molar-refractivity contribution in [3.05, 3.63) is 64.7 Å². The Balaban J connectivity index is 1.93. The second kappa shape index (κ2) is 6.77. The summed E-state index contributed by atoms with van der Waals surface area (Å²) in [5, 5.41) is 8.64. The van der Waals surface area contributed by atoms with Gasteiger partial charge in [0.25, 0.3) is 5.91 Å². The smallest absolute Gasteiger partial charge is 0.274 e. The number of primary amides is 1. The number of hydrogen-bond acceptors (Lipinski definition) is 5. The van der Waals surface area contributed by atoms with Crippen LogP contribution in [0.1, 0.15) is 31.8 Å². The number of carbonyl (C=O) groups is 2. The SMILES string of the molecule is NC(=O)c1ccc2c(c1)CCS(=O)(=O)N2Cc1ccc(C(=O)NO)cc1. The van der Waals surface area contributed by atoms with Gasteiger partial charge in [0, 0.05) is 11.1 Å². The van der Waals surface area contributed by atoms with Crippen molar-refractivity contribution in [2.45, 2.75) is 13.0 Å². The van der Waals surface area contributed by atoms with Gasteiger partial charge >= 0.3 is 0 Å². The van der Waals surface area contributed by atoms with Crippen LogP contribution in [0.25, 0.3) is 0 Å². The average Bonchev–Trinajstić information content (AvgIpc) is 2.63. The fourth-order valence-electron chi connectivity index (χ4n) is 2.86. The molecule has 0 aromatic heterocycles. The molecule has 0 aliphatic carbocycles. The van der Waals surface area contributed by atoms with Gasteiger partial charge in [0.05, 0.1) is 18.0 Å². The molecule has 26 heavy (non-hydrogen) atoms. The van der Waals surface area contributed by atoms with Crippen molar-refractivity contribution in [3.63, 3.8) is 0 Å². The van der Waals surface area contributed by atoms with E-state index in [2.05, 4.69) is 0 Å². The standard InChI is InChI=1S/C17H17N3O5S/c18-16(21)14-5-6-15-13(9-14)7-8-26(24,25)20(15)10-11-1-3-12(4-2-11)17(22)19-23/h1-6,9,23H,7-8,10H2,(H2,18,21)(H,19,22). The predicted octanol–water partition coefficient (Wildman–Crippen LogP) is 0.797. The summed E-state index contributed by atoms with van der Waals surface area (Å²) < 4.78 is 26.3. The summed E-state index contributed by atoms with van der Waals surface area (Å²) in [5.74, 6) is -1.27. The van der Waals surface area contributed by atoms with E-state index >= 15 is 0 Å². The summed E-state index contributed by atoms with van der Waals surface area (Å²) in [5.41, 5.74) is 9.35. The molecule has 0 saturated carbocycles. The molecule has 136 valence electrons. The van der Waals surface area contributed by atoms with Crippen molar-refractivity contribution in [2.24, 2.45) is 5.73 Å². The number of rotatable bonds is 4. The Hall–Kier alpha value is -2.91. The highest BCUT2D eigenvalue weighted by molar-refractivity contribution is 7.92. The third-order valence-electron chi connectivity index (χ3n) is 4.24. The number of benzene rings is 2. The molecule has 0 fully saturated rings. The first kappa shape index (κ1) is 17.9. The number of nitrogens with one attached hydrogen (secondary N) is 1. The van der Waals surface area contributed by atoms with Crippen LogP contribution in [-0.2, 0) is 23.0 Å². The molecule has 4 N–H and O–H groups in total. The van der Waals surface area contributed by atoms with Crippen molar-refractivity contribution in [3.8, 4) is 0 Å². The minimum absolute atomic E-state index is 0.0623. The Kier molecular flexibility index (Phi) is 4.66. The Morgan fingerprint density at radius 3 is 2.38 bits per heavy atom. The molecule has 0 bridgehead atoms. The van der Waals surface area contributed by atoms with Crippen LogP contribution in [0.15, 0.2) is 42.5 Å². The first-order valence-corrected chi connectivity index (χ1v) is 9.39. The number of carbonyl (C=O) groups excluding carboxylic acids is 2. The van der Waals surface area contributed by atoms with E-state index in [9.17, 15) is 18.0 Å². The lowest BCUT2D eigenvalue weighted by atomic mass is 10.0. The van der Waals surface area contributed by atoms with Crippen molar-refractivity contribution in [1.29, 1.82) is 0 Å². The third kappa shape index (κ3) is 3.39. The Labute approximate surface area is 150 Å². The van der Waals surface area contributed by atoms with Crippen LogP contribution in [0.5, 0.6) is 0 Å². The van der Waals surface area contributed by atoms with Crippen LogP contribution >= 0.6 is 0 Å². The number of nitrogens with zero attached hydrogens (tertiary/aromatic N) is 1. The summed E-state index contributed by atoms with van der Waals surface area (Å²) in [4.78, 5) is 22.7. The van der Waals surface area contributed by atoms with E-state index in [1.807, 2.05) is 0 Å². The molecule has 0 saturated heterocycles. The van der Waals surface area contributed by atoms with E-state index in [0.717, 1.165) is 5.56 Å². The second-order valence-electron chi connectivity index (χ2n) is 5.92. The predicted molar refractivity (Wildman–Crippen MR) is 94.3 cm³/mol. The second-order valence-corrected chi connectivity index (χ2v) is 7.93. The molecule has 2 aromatic rings. The molecule has 8 nitrogen and oxygen atoms in total. The molecular formula is C17H17N3O5S. The number of sulfonamides is 1. The van der Waals surface area contributed by atoms with Crippen LogP contribution < -0.4 is 15.5 Å². The molecule has 1 aliphatic heterocycles. The van der Waals surface area contributed by atoms with Gasteiger partial charge in [0.2, 0.25) is 15.9 Å². The lowest BCUT2D eigenvalue weighted by Gasteiger charge is -2.31. The Morgan fingerprint density at radius 2 is 1.77 bits per heavy atom. The minimum atomic E-state index is -3.50. The van der Waals surface area contributed by atoms with Gasteiger partial charge in [-0.3, -0.25) is 19.1 Å². The molecule has 0 atom stereocenters. The molecule has 1 heterocycles. The maximum Gasteiger partial charge on any atom is 0.274 e. The summed E-state index contributed by atoms with van der Waals surface area (Å²) in [6.07, 6.45) is 0.310. The van der Waals surface area contributed by atoms with Gasteiger partial charge in [0.1, 0.15) is 0 Å². The molecule has 0 radical (unpaired) electrons. The van der Waals surface area contributed by atoms with Gasteiger partial charge in [-0.15, -0.1) is 0 Å². The minimum Gasteiger partial charge on any atom is -0.366 e.